The van der Waals surface area contributed by atoms with Crippen LogP contribution in [0.25, 0.3) is 0 Å². The minimum absolute atomic E-state index is 0.0300. The first-order chi connectivity index (χ1) is 8.81. The van der Waals surface area contributed by atoms with Crippen LogP contribution in [-0.4, -0.2) is 27.2 Å². The summed E-state index contributed by atoms with van der Waals surface area (Å²) < 4.78 is 4.14. The topological polar surface area (TPSA) is 20.2 Å². The molecule has 4 unspecified atom stereocenters. The molecule has 114 valence electrons. The van der Waals surface area contributed by atoms with Gasteiger partial charge in [-0.15, -0.1) is 0 Å². The normalized spacial score (nSPS) is 41.2. The fourth-order valence-corrected chi connectivity index (χ4v) is 17.6. The Balaban J connectivity index is 2.20. The molecule has 2 aliphatic carbocycles. The van der Waals surface area contributed by atoms with Crippen molar-refractivity contribution < 1.29 is 5.11 Å². The first kappa shape index (κ1) is 16.6. The molecule has 3 heteroatoms. The molecule has 0 aromatic heterocycles. The number of hydrogen-bond donors (Lipinski definition) is 1. The second-order valence-corrected chi connectivity index (χ2v) is 25.5. The first-order valence-electron chi connectivity index (χ1n) is 7.95. The summed E-state index contributed by atoms with van der Waals surface area (Å²) in [5.41, 5.74) is 0.602. The van der Waals surface area contributed by atoms with Crippen LogP contribution in [0.3, 0.4) is 0 Å². The van der Waals surface area contributed by atoms with Crippen molar-refractivity contribution in [1.29, 1.82) is 0 Å². The maximum absolute atomic E-state index is 10.7. The predicted molar refractivity (Wildman–Crippen MR) is 89.2 cm³/mol. The Morgan fingerprint density at radius 2 is 2.00 bits per heavy atom. The molecule has 0 aliphatic heterocycles. The van der Waals surface area contributed by atoms with E-state index < -0.39 is 16.0 Å². The minimum atomic E-state index is -1.94. The van der Waals surface area contributed by atoms with Crippen molar-refractivity contribution in [2.45, 2.75) is 79.3 Å². The molecule has 2 aliphatic rings. The molecule has 0 amide bonds. The van der Waals surface area contributed by atoms with E-state index in [1.165, 1.54) is 39.1 Å². The first-order valence-corrected chi connectivity index (χ1v) is 18.1. The molecule has 1 N–H and O–H groups in total. The fraction of sp³-hybridized carbons (Fsp3) is 1.00. The quantitative estimate of drug-likeness (QED) is 0.546. The van der Waals surface area contributed by atoms with Crippen molar-refractivity contribution in [2.24, 2.45) is 16.7 Å². The van der Waals surface area contributed by atoms with Crippen LogP contribution >= 0.6 is 12.8 Å². The van der Waals surface area contributed by atoms with Crippen LogP contribution in [0.5, 0.6) is 0 Å². The molecule has 4 atom stereocenters. The molecule has 0 radical (unpaired) electrons. The Hall–Kier alpha value is 1.23. The molecule has 2 bridgehead atoms. The van der Waals surface area contributed by atoms with Crippen LogP contribution in [0.4, 0.5) is 0 Å². The van der Waals surface area contributed by atoms with Gasteiger partial charge in [-0.2, -0.15) is 0 Å². The second kappa shape index (κ2) is 5.79. The molecule has 2 saturated carbocycles. The van der Waals surface area contributed by atoms with Gasteiger partial charge in [0.1, 0.15) is 0 Å². The summed E-state index contributed by atoms with van der Waals surface area (Å²) in [6.07, 6.45) is 6.34. The average molecular weight is 447 g/mol. The van der Waals surface area contributed by atoms with Gasteiger partial charge in [-0.05, 0) is 0 Å². The molecule has 2 fully saturated rings. The van der Waals surface area contributed by atoms with E-state index in [4.69, 9.17) is 0 Å². The van der Waals surface area contributed by atoms with Gasteiger partial charge in [0.25, 0.3) is 0 Å². The second-order valence-electron chi connectivity index (χ2n) is 7.30. The van der Waals surface area contributed by atoms with E-state index in [0.29, 0.717) is 5.41 Å². The fourth-order valence-electron chi connectivity index (χ4n) is 4.56. The molecule has 19 heavy (non-hydrogen) atoms. The number of fused-ring (bicyclic) bond motifs is 2. The van der Waals surface area contributed by atoms with Crippen molar-refractivity contribution in [3.63, 3.8) is 0 Å². The molecule has 0 aromatic rings. The predicted octanol–water partition coefficient (Wildman–Crippen LogP) is 5.33. The van der Waals surface area contributed by atoms with Crippen LogP contribution < -0.4 is 0 Å². The number of halogens is 1. The number of hydrogen-bond acceptors (Lipinski definition) is 1. The van der Waals surface area contributed by atoms with Crippen molar-refractivity contribution in [2.75, 3.05) is 0 Å². The van der Waals surface area contributed by atoms with Gasteiger partial charge in [-0.1, -0.05) is 0 Å². The van der Waals surface area contributed by atoms with Gasteiger partial charge < -0.3 is 0 Å². The Labute approximate surface area is 129 Å². The number of aliphatic hydroxyl groups is 1. The van der Waals surface area contributed by atoms with Crippen molar-refractivity contribution in [3.05, 3.63) is 0 Å². The third-order valence-electron chi connectivity index (χ3n) is 6.29. The summed E-state index contributed by atoms with van der Waals surface area (Å²) in [6, 6.07) is 0. The molecule has 2 rings (SSSR count). The monoisotopic (exact) mass is 448 g/mol. The van der Waals surface area contributed by atoms with Crippen LogP contribution in [-0.2, 0) is 0 Å². The van der Waals surface area contributed by atoms with E-state index in [9.17, 15) is 5.11 Å². The summed E-state index contributed by atoms with van der Waals surface area (Å²) in [6.45, 7) is 9.55. The Kier molecular flexibility index (Phi) is 5.06. The third kappa shape index (κ3) is 2.67. The van der Waals surface area contributed by atoms with Gasteiger partial charge in [-0.25, -0.2) is 0 Å². The summed E-state index contributed by atoms with van der Waals surface area (Å²) in [4.78, 5) is 0. The molecule has 0 spiro atoms. The summed E-state index contributed by atoms with van der Waals surface area (Å²) >= 11 is 2.31. The SMILES string of the molecule is CCCC[Te](Br)(CC)CC12CCC(CC1O)C2(C)C. The van der Waals surface area contributed by atoms with Crippen LogP contribution in [0.2, 0.25) is 13.4 Å². The summed E-state index contributed by atoms with van der Waals surface area (Å²) in [5.74, 6) is 0.769. The van der Waals surface area contributed by atoms with Gasteiger partial charge in [0.2, 0.25) is 0 Å². The maximum atomic E-state index is 10.7. The molecular weight excluding hydrogens is 416 g/mol. The van der Waals surface area contributed by atoms with Crippen LogP contribution in [0.1, 0.15) is 59.8 Å². The van der Waals surface area contributed by atoms with E-state index in [1.807, 2.05) is 0 Å². The molecule has 1 nitrogen and oxygen atoms in total. The van der Waals surface area contributed by atoms with Gasteiger partial charge >= 0.3 is 130 Å². The summed E-state index contributed by atoms with van der Waals surface area (Å²) in [7, 11) is 0. The van der Waals surface area contributed by atoms with Crippen LogP contribution in [0.15, 0.2) is 0 Å². The number of rotatable bonds is 6. The van der Waals surface area contributed by atoms with E-state index in [-0.39, 0.29) is 11.5 Å². The molecule has 0 saturated heterocycles. The molecule has 0 heterocycles. The third-order valence-corrected chi connectivity index (χ3v) is 21.9. The van der Waals surface area contributed by atoms with Gasteiger partial charge in [0, 0.05) is 0 Å². The van der Waals surface area contributed by atoms with E-state index in [1.54, 1.807) is 0 Å². The van der Waals surface area contributed by atoms with Crippen molar-refractivity contribution in [1.82, 2.24) is 0 Å². The van der Waals surface area contributed by atoms with E-state index >= 15 is 0 Å². The number of unbranched alkanes of at least 4 members (excludes halogenated alkanes) is 1. The molecular formula is C16H31BrOTe. The summed E-state index contributed by atoms with van der Waals surface area (Å²) in [5, 5.41) is 10.7. The Bertz CT molecular complexity index is 333. The Morgan fingerprint density at radius 1 is 1.32 bits per heavy atom. The zero-order valence-electron chi connectivity index (χ0n) is 13.0. The molecule has 0 aromatic carbocycles. The van der Waals surface area contributed by atoms with E-state index in [0.717, 1.165) is 12.3 Å². The van der Waals surface area contributed by atoms with Crippen molar-refractivity contribution in [3.8, 4) is 0 Å². The number of aliphatic hydroxyl groups excluding tert-OH is 1. The van der Waals surface area contributed by atoms with Crippen LogP contribution in [0, 0.1) is 16.7 Å². The van der Waals surface area contributed by atoms with Crippen molar-refractivity contribution >= 4 is 28.7 Å². The van der Waals surface area contributed by atoms with Gasteiger partial charge in [0.15, 0.2) is 0 Å². The zero-order chi connectivity index (χ0) is 14.3. The van der Waals surface area contributed by atoms with E-state index in [2.05, 4.69) is 40.5 Å². The Morgan fingerprint density at radius 3 is 2.42 bits per heavy atom. The van der Waals surface area contributed by atoms with Gasteiger partial charge in [0.05, 0.1) is 0 Å². The average Bonchev–Trinajstić information content (AvgIpc) is 2.70. The zero-order valence-corrected chi connectivity index (χ0v) is 17.0. The standard InChI is InChI=1S/C16H31BrOTe/c1-5-7-10-19(17,6-2)12-16-9-8-13(11-14(16)18)15(16,3)4/h13-14,18H,5-12H2,1-4H3. The van der Waals surface area contributed by atoms with Gasteiger partial charge in [-0.3, -0.25) is 0 Å².